The van der Waals surface area contributed by atoms with Crippen LogP contribution in [0.1, 0.15) is 16.7 Å². The van der Waals surface area contributed by atoms with E-state index in [-0.39, 0.29) is 6.61 Å². The van der Waals surface area contributed by atoms with Crippen LogP contribution in [-0.2, 0) is 14.4 Å². The molecule has 0 aliphatic rings. The van der Waals surface area contributed by atoms with Gasteiger partial charge in [-0.2, -0.15) is 5.26 Å². The van der Waals surface area contributed by atoms with Gasteiger partial charge in [-0.3, -0.25) is 9.59 Å². The first-order valence-electron chi connectivity index (χ1n) is 7.81. The Bertz CT molecular complexity index is 867. The molecule has 0 heterocycles. The molecule has 0 aromatic heterocycles. The fraction of sp³-hybridized carbons (Fsp3) is 0.158. The smallest absolute Gasteiger partial charge is 0.270 e. The maximum Gasteiger partial charge on any atom is 0.270 e. The fourth-order valence-electron chi connectivity index (χ4n) is 2.13. The molecular formula is C19H18N4O3. The molecule has 0 unspecified atom stereocenters. The number of carbonyl (C=O) groups excluding carboxylic acids is 2. The molecule has 132 valence electrons. The van der Waals surface area contributed by atoms with Crippen molar-refractivity contribution in [3.05, 3.63) is 59.2 Å². The first kappa shape index (κ1) is 18.7. The number of rotatable bonds is 6. The van der Waals surface area contributed by atoms with Gasteiger partial charge in [0.25, 0.3) is 11.8 Å². The van der Waals surface area contributed by atoms with Crippen LogP contribution in [0.4, 0.5) is 11.4 Å². The highest BCUT2D eigenvalue weighted by Crippen LogP contribution is 2.15. The van der Waals surface area contributed by atoms with Crippen LogP contribution in [0.3, 0.4) is 0 Å². The molecule has 2 aromatic carbocycles. The molecule has 7 heteroatoms. The molecule has 0 bridgehead atoms. The molecule has 0 aliphatic heterocycles. The van der Waals surface area contributed by atoms with E-state index in [1.165, 1.54) is 0 Å². The zero-order valence-corrected chi connectivity index (χ0v) is 14.4. The summed E-state index contributed by atoms with van der Waals surface area (Å²) in [4.78, 5) is 28.3. The van der Waals surface area contributed by atoms with Crippen LogP contribution in [0.25, 0.3) is 0 Å². The van der Waals surface area contributed by atoms with Crippen molar-refractivity contribution in [2.75, 3.05) is 17.2 Å². The van der Waals surface area contributed by atoms with Crippen molar-refractivity contribution in [1.82, 2.24) is 0 Å². The van der Waals surface area contributed by atoms with E-state index in [0.29, 0.717) is 16.9 Å². The van der Waals surface area contributed by atoms with Gasteiger partial charge in [0.05, 0.1) is 11.6 Å². The van der Waals surface area contributed by atoms with Crippen molar-refractivity contribution < 1.29 is 14.4 Å². The van der Waals surface area contributed by atoms with Crippen molar-refractivity contribution in [3.63, 3.8) is 0 Å². The first-order valence-corrected chi connectivity index (χ1v) is 7.81. The molecule has 0 fully saturated rings. The number of carbonyl (C=O) groups is 2. The second-order valence-corrected chi connectivity index (χ2v) is 5.55. The molecule has 0 saturated carbocycles. The van der Waals surface area contributed by atoms with Crippen molar-refractivity contribution in [1.29, 1.82) is 5.26 Å². The van der Waals surface area contributed by atoms with Crippen molar-refractivity contribution in [2.24, 2.45) is 5.16 Å². The topological polar surface area (TPSA) is 104 Å². The molecule has 2 amide bonds. The van der Waals surface area contributed by atoms with E-state index in [2.05, 4.69) is 15.8 Å². The minimum absolute atomic E-state index is 0.340. The van der Waals surface area contributed by atoms with Gasteiger partial charge in [-0.15, -0.1) is 0 Å². The third-order valence-corrected chi connectivity index (χ3v) is 3.38. The summed E-state index contributed by atoms with van der Waals surface area (Å²) >= 11 is 0. The number of aryl methyl sites for hydroxylation is 2. The van der Waals surface area contributed by atoms with Crippen LogP contribution < -0.4 is 10.6 Å². The van der Waals surface area contributed by atoms with Gasteiger partial charge >= 0.3 is 0 Å². The number of benzene rings is 2. The zero-order valence-electron chi connectivity index (χ0n) is 14.4. The average molecular weight is 350 g/mol. The van der Waals surface area contributed by atoms with Crippen LogP contribution in [0, 0.1) is 25.2 Å². The van der Waals surface area contributed by atoms with E-state index in [4.69, 9.17) is 10.1 Å². The summed E-state index contributed by atoms with van der Waals surface area (Å²) in [5, 5.41) is 17.5. The summed E-state index contributed by atoms with van der Waals surface area (Å²) in [5.74, 6) is -0.883. The van der Waals surface area contributed by atoms with E-state index in [0.717, 1.165) is 17.3 Å². The highest BCUT2D eigenvalue weighted by atomic mass is 16.6. The average Bonchev–Trinajstić information content (AvgIpc) is 2.62. The number of nitrogens with zero attached hydrogens (tertiary/aromatic N) is 2. The third-order valence-electron chi connectivity index (χ3n) is 3.38. The lowest BCUT2D eigenvalue weighted by Gasteiger charge is -2.06. The third kappa shape index (κ3) is 5.76. The zero-order chi connectivity index (χ0) is 18.9. The normalized spacial score (nSPS) is 10.2. The molecule has 0 radical (unpaired) electrons. The summed E-state index contributed by atoms with van der Waals surface area (Å²) < 4.78 is 0. The predicted molar refractivity (Wildman–Crippen MR) is 98.8 cm³/mol. The fourth-order valence-corrected chi connectivity index (χ4v) is 2.13. The molecule has 0 spiro atoms. The number of amides is 2. The van der Waals surface area contributed by atoms with Gasteiger partial charge in [-0.05, 0) is 49.7 Å². The van der Waals surface area contributed by atoms with Gasteiger partial charge in [0.1, 0.15) is 6.21 Å². The van der Waals surface area contributed by atoms with Gasteiger partial charge in [0.2, 0.25) is 0 Å². The molecule has 0 aliphatic carbocycles. The van der Waals surface area contributed by atoms with Crippen molar-refractivity contribution in [3.8, 4) is 6.07 Å². The van der Waals surface area contributed by atoms with Gasteiger partial charge in [-0.25, -0.2) is 0 Å². The van der Waals surface area contributed by atoms with E-state index >= 15 is 0 Å². The number of oxime groups is 1. The molecule has 2 N–H and O–H groups in total. The number of hydrogen-bond donors (Lipinski definition) is 2. The lowest BCUT2D eigenvalue weighted by molar-refractivity contribution is -0.120. The summed E-state index contributed by atoms with van der Waals surface area (Å²) in [6.07, 6.45) is 0.967. The van der Waals surface area contributed by atoms with Gasteiger partial charge in [0.15, 0.2) is 6.61 Å². The molecule has 2 rings (SSSR count). The van der Waals surface area contributed by atoms with Crippen molar-refractivity contribution in [2.45, 2.75) is 13.8 Å². The van der Waals surface area contributed by atoms with Gasteiger partial charge < -0.3 is 15.5 Å². The van der Waals surface area contributed by atoms with Gasteiger partial charge in [-0.1, -0.05) is 22.9 Å². The quantitative estimate of drug-likeness (QED) is 0.617. The number of anilines is 2. The Balaban J connectivity index is 1.76. The highest BCUT2D eigenvalue weighted by Gasteiger charge is 2.04. The lowest BCUT2D eigenvalue weighted by atomic mass is 10.1. The Labute approximate surface area is 151 Å². The van der Waals surface area contributed by atoms with E-state index in [1.54, 1.807) is 24.3 Å². The van der Waals surface area contributed by atoms with Crippen LogP contribution in [0.15, 0.2) is 47.6 Å². The predicted octanol–water partition coefficient (Wildman–Crippen LogP) is 2.75. The van der Waals surface area contributed by atoms with E-state index in [9.17, 15) is 9.59 Å². The first-order chi connectivity index (χ1) is 12.5. The summed E-state index contributed by atoms with van der Waals surface area (Å²) in [6.45, 7) is 3.52. The standard InChI is InChI=1S/C19H18N4O3/c1-13-3-8-17(14(2)9-13)23-18(24)11-21-26-12-19(25)22-16-6-4-15(10-20)5-7-16/h3-9,11H,12H2,1-2H3,(H,22,25)(H,23,24)/b21-11-. The largest absolute Gasteiger partial charge is 0.385 e. The van der Waals surface area contributed by atoms with Crippen molar-refractivity contribution >= 4 is 29.4 Å². The monoisotopic (exact) mass is 350 g/mol. The second-order valence-electron chi connectivity index (χ2n) is 5.55. The molecule has 0 atom stereocenters. The maximum atomic E-state index is 11.8. The molecule has 26 heavy (non-hydrogen) atoms. The van der Waals surface area contributed by atoms with Crippen LogP contribution >= 0.6 is 0 Å². The summed E-state index contributed by atoms with van der Waals surface area (Å²) in [7, 11) is 0. The molecule has 7 nitrogen and oxygen atoms in total. The Morgan fingerprint density at radius 3 is 2.54 bits per heavy atom. The molecule has 0 saturated heterocycles. The minimum atomic E-state index is -0.454. The molecule has 2 aromatic rings. The summed E-state index contributed by atoms with van der Waals surface area (Å²) in [6, 6.07) is 14.0. The van der Waals surface area contributed by atoms with E-state index < -0.39 is 11.8 Å². The maximum absolute atomic E-state index is 11.8. The Morgan fingerprint density at radius 2 is 1.88 bits per heavy atom. The van der Waals surface area contributed by atoms with E-state index in [1.807, 2.05) is 38.1 Å². The number of hydrogen-bond acceptors (Lipinski definition) is 5. The Kier molecular flexibility index (Phi) is 6.46. The summed E-state index contributed by atoms with van der Waals surface area (Å²) in [5.41, 5.74) is 3.76. The SMILES string of the molecule is Cc1ccc(NC(=O)/C=N\OCC(=O)Nc2ccc(C#N)cc2)c(C)c1. The van der Waals surface area contributed by atoms with Crippen LogP contribution in [0.2, 0.25) is 0 Å². The number of nitrogens with one attached hydrogen (secondary N) is 2. The minimum Gasteiger partial charge on any atom is -0.385 e. The molecular weight excluding hydrogens is 332 g/mol. The highest BCUT2D eigenvalue weighted by molar-refractivity contribution is 6.31. The van der Waals surface area contributed by atoms with Crippen LogP contribution in [0.5, 0.6) is 0 Å². The second kappa shape index (κ2) is 8.99. The Morgan fingerprint density at radius 1 is 1.15 bits per heavy atom. The van der Waals surface area contributed by atoms with Gasteiger partial charge in [0, 0.05) is 11.4 Å². The lowest BCUT2D eigenvalue weighted by Crippen LogP contribution is -2.18. The Hall–Kier alpha value is -3.66. The number of nitriles is 1. The van der Waals surface area contributed by atoms with Crippen LogP contribution in [-0.4, -0.2) is 24.6 Å².